The summed E-state index contributed by atoms with van der Waals surface area (Å²) in [5, 5.41) is 32.3. The van der Waals surface area contributed by atoms with Crippen molar-refractivity contribution in [2.45, 2.75) is 44.1 Å². The predicted octanol–water partition coefficient (Wildman–Crippen LogP) is 4.07. The summed E-state index contributed by atoms with van der Waals surface area (Å²) in [5.41, 5.74) is -3.85. The predicted molar refractivity (Wildman–Crippen MR) is 85.8 cm³/mol. The van der Waals surface area contributed by atoms with Gasteiger partial charge in [-0.3, -0.25) is 14.7 Å². The molecule has 2 aliphatic rings. The first-order chi connectivity index (χ1) is 12.4. The maximum absolute atomic E-state index is 13.3. The highest BCUT2D eigenvalue weighted by Crippen LogP contribution is 2.64. The van der Waals surface area contributed by atoms with E-state index in [1.54, 1.807) is 13.8 Å². The molecule has 2 atom stereocenters. The van der Waals surface area contributed by atoms with E-state index in [4.69, 9.17) is 4.74 Å². The summed E-state index contributed by atoms with van der Waals surface area (Å²) in [6, 6.07) is 2.30. The number of nitro groups is 1. The molecule has 1 aromatic heterocycles. The van der Waals surface area contributed by atoms with Crippen LogP contribution in [0, 0.1) is 10.1 Å². The van der Waals surface area contributed by atoms with Gasteiger partial charge >= 0.3 is 6.18 Å². The average Bonchev–Trinajstić information content (AvgIpc) is 3.10. The van der Waals surface area contributed by atoms with Gasteiger partial charge in [0.05, 0.1) is 32.9 Å². The minimum atomic E-state index is -4.97. The van der Waals surface area contributed by atoms with E-state index >= 15 is 0 Å². The Kier molecular flexibility index (Phi) is 3.23. The van der Waals surface area contributed by atoms with Gasteiger partial charge in [-0.25, -0.2) is 0 Å². The summed E-state index contributed by atoms with van der Waals surface area (Å²) < 4.78 is 46.6. The lowest BCUT2D eigenvalue weighted by molar-refractivity contribution is -0.388. The fourth-order valence-corrected chi connectivity index (χ4v) is 4.27. The SMILES string of the molecule is C[C@]12CC[C@](C)(O1)c1c2c(O)n(-c2ccc([N+](=O)[O-])c(C(F)(F)F)c2)c1O. The third-order valence-electron chi connectivity index (χ3n) is 5.45. The number of nitrogens with zero attached hydrogens (tertiary/aromatic N) is 2. The Balaban J connectivity index is 1.96. The number of rotatable bonds is 2. The summed E-state index contributed by atoms with van der Waals surface area (Å²) >= 11 is 0. The zero-order chi connectivity index (χ0) is 19.9. The molecule has 0 aliphatic carbocycles. The van der Waals surface area contributed by atoms with Crippen LogP contribution < -0.4 is 0 Å². The van der Waals surface area contributed by atoms with Crippen molar-refractivity contribution >= 4 is 5.69 Å². The molecule has 0 amide bonds. The molecular weight excluding hydrogens is 369 g/mol. The van der Waals surface area contributed by atoms with Crippen molar-refractivity contribution in [2.75, 3.05) is 0 Å². The van der Waals surface area contributed by atoms with Crippen LogP contribution in [0.5, 0.6) is 11.8 Å². The molecule has 0 radical (unpaired) electrons. The molecule has 7 nitrogen and oxygen atoms in total. The zero-order valence-corrected chi connectivity index (χ0v) is 14.3. The molecule has 1 saturated heterocycles. The molecule has 0 spiro atoms. The van der Waals surface area contributed by atoms with Gasteiger partial charge < -0.3 is 14.9 Å². The smallest absolute Gasteiger partial charge is 0.423 e. The first-order valence-corrected chi connectivity index (χ1v) is 8.13. The highest BCUT2D eigenvalue weighted by atomic mass is 19.4. The van der Waals surface area contributed by atoms with Gasteiger partial charge in [0, 0.05) is 6.07 Å². The molecule has 0 unspecified atom stereocenters. The van der Waals surface area contributed by atoms with Crippen molar-refractivity contribution in [3.8, 4) is 17.4 Å². The summed E-state index contributed by atoms with van der Waals surface area (Å²) in [7, 11) is 0. The van der Waals surface area contributed by atoms with E-state index in [0.717, 1.165) is 10.6 Å². The molecule has 10 heteroatoms. The molecule has 1 fully saturated rings. The molecule has 2 aliphatic heterocycles. The normalized spacial score (nSPS) is 26.4. The van der Waals surface area contributed by atoms with Crippen LogP contribution in [0.2, 0.25) is 0 Å². The van der Waals surface area contributed by atoms with Gasteiger partial charge in [-0.05, 0) is 38.8 Å². The van der Waals surface area contributed by atoms with Gasteiger partial charge in [-0.1, -0.05) is 0 Å². The number of aromatic nitrogens is 1. The van der Waals surface area contributed by atoms with E-state index in [2.05, 4.69) is 0 Å². The lowest BCUT2D eigenvalue weighted by Crippen LogP contribution is -2.17. The topological polar surface area (TPSA) is 97.8 Å². The minimum Gasteiger partial charge on any atom is -0.494 e. The van der Waals surface area contributed by atoms with Crippen LogP contribution in [-0.2, 0) is 22.1 Å². The van der Waals surface area contributed by atoms with Gasteiger partial charge in [0.1, 0.15) is 5.56 Å². The van der Waals surface area contributed by atoms with E-state index in [1.165, 1.54) is 0 Å². The van der Waals surface area contributed by atoms with Crippen molar-refractivity contribution in [2.24, 2.45) is 0 Å². The summed E-state index contributed by atoms with van der Waals surface area (Å²) in [4.78, 5) is 9.80. The quantitative estimate of drug-likeness (QED) is 0.601. The van der Waals surface area contributed by atoms with Crippen LogP contribution in [0.4, 0.5) is 18.9 Å². The average molecular weight is 384 g/mol. The number of hydrogen-bond acceptors (Lipinski definition) is 5. The van der Waals surface area contributed by atoms with Gasteiger partial charge in [0.2, 0.25) is 11.8 Å². The Morgan fingerprint density at radius 1 is 1.15 bits per heavy atom. The lowest BCUT2D eigenvalue weighted by atomic mass is 9.80. The third kappa shape index (κ3) is 2.19. The van der Waals surface area contributed by atoms with Crippen LogP contribution in [-0.4, -0.2) is 19.7 Å². The summed E-state index contributed by atoms with van der Waals surface area (Å²) in [6.45, 7) is 3.48. The van der Waals surface area contributed by atoms with E-state index in [-0.39, 0.29) is 5.69 Å². The lowest BCUT2D eigenvalue weighted by Gasteiger charge is -2.21. The number of fused-ring (bicyclic) bond motifs is 5. The van der Waals surface area contributed by atoms with Gasteiger partial charge in [0.25, 0.3) is 5.69 Å². The molecule has 27 heavy (non-hydrogen) atoms. The van der Waals surface area contributed by atoms with Crippen molar-refractivity contribution in [3.63, 3.8) is 0 Å². The first kappa shape index (κ1) is 17.7. The molecule has 2 bridgehead atoms. The second-order valence-corrected chi connectivity index (χ2v) is 7.25. The fourth-order valence-electron chi connectivity index (χ4n) is 4.27. The van der Waals surface area contributed by atoms with Crippen molar-refractivity contribution in [1.29, 1.82) is 0 Å². The van der Waals surface area contributed by atoms with E-state index in [0.29, 0.717) is 36.1 Å². The van der Waals surface area contributed by atoms with E-state index in [9.17, 15) is 33.5 Å². The molecule has 4 rings (SSSR count). The fraction of sp³-hybridized carbons (Fsp3) is 0.412. The molecule has 1 aromatic carbocycles. The Bertz CT molecular complexity index is 960. The number of aromatic hydroxyl groups is 2. The highest BCUT2D eigenvalue weighted by Gasteiger charge is 2.59. The van der Waals surface area contributed by atoms with Crippen molar-refractivity contribution in [3.05, 3.63) is 45.0 Å². The molecule has 2 aromatic rings. The van der Waals surface area contributed by atoms with Gasteiger partial charge in [-0.2, -0.15) is 13.2 Å². The van der Waals surface area contributed by atoms with E-state index in [1.807, 2.05) is 0 Å². The number of halogens is 3. The number of ether oxygens (including phenoxy) is 1. The Morgan fingerprint density at radius 2 is 1.67 bits per heavy atom. The van der Waals surface area contributed by atoms with Crippen molar-refractivity contribution < 1.29 is 33.0 Å². The largest absolute Gasteiger partial charge is 0.494 e. The standard InChI is InChI=1S/C17H15F3N2O5/c1-15-5-6-16(2,27-15)12-11(15)13(23)21(14(12)24)8-3-4-10(22(25)26)9(7-8)17(18,19)20/h3-4,7,23-24H,5-6H2,1-2H3/t15-,16+. The maximum Gasteiger partial charge on any atom is 0.423 e. The molecule has 2 N–H and O–H groups in total. The second kappa shape index (κ2) is 4.94. The third-order valence-corrected chi connectivity index (χ3v) is 5.45. The molecule has 0 saturated carbocycles. The number of nitro benzene ring substituents is 1. The van der Waals surface area contributed by atoms with Crippen LogP contribution in [0.15, 0.2) is 18.2 Å². The van der Waals surface area contributed by atoms with Crippen LogP contribution in [0.1, 0.15) is 43.4 Å². The second-order valence-electron chi connectivity index (χ2n) is 7.25. The number of alkyl halides is 3. The zero-order valence-electron chi connectivity index (χ0n) is 14.3. The Hall–Kier alpha value is -2.75. The van der Waals surface area contributed by atoms with Gasteiger partial charge in [-0.15, -0.1) is 0 Å². The van der Waals surface area contributed by atoms with E-state index < -0.39 is 45.3 Å². The number of benzene rings is 1. The monoisotopic (exact) mass is 384 g/mol. The highest BCUT2D eigenvalue weighted by molar-refractivity contribution is 5.62. The Labute approximate surface area is 150 Å². The van der Waals surface area contributed by atoms with Gasteiger partial charge in [0.15, 0.2) is 0 Å². The molecule has 3 heterocycles. The molecule has 144 valence electrons. The summed E-state index contributed by atoms with van der Waals surface area (Å²) in [6.07, 6.45) is -3.80. The van der Waals surface area contributed by atoms with Crippen LogP contribution >= 0.6 is 0 Å². The van der Waals surface area contributed by atoms with Crippen molar-refractivity contribution in [1.82, 2.24) is 4.57 Å². The first-order valence-electron chi connectivity index (χ1n) is 8.13. The van der Waals surface area contributed by atoms with Crippen LogP contribution in [0.3, 0.4) is 0 Å². The number of hydrogen-bond donors (Lipinski definition) is 2. The maximum atomic E-state index is 13.3. The van der Waals surface area contributed by atoms with Crippen LogP contribution in [0.25, 0.3) is 5.69 Å². The molecular formula is C17H15F3N2O5. The Morgan fingerprint density at radius 3 is 2.11 bits per heavy atom. The minimum absolute atomic E-state index is 0.232. The summed E-state index contributed by atoms with van der Waals surface area (Å²) in [5.74, 6) is -0.870.